The van der Waals surface area contributed by atoms with Gasteiger partial charge in [0.1, 0.15) is 0 Å². The summed E-state index contributed by atoms with van der Waals surface area (Å²) in [5.41, 5.74) is 0.461. The maximum Gasteiger partial charge on any atom is 0.330 e. The summed E-state index contributed by atoms with van der Waals surface area (Å²) in [5, 5.41) is 0. The molecule has 0 amide bonds. The topological polar surface area (TPSA) is 71.1 Å². The zero-order chi connectivity index (χ0) is 25.2. The monoisotopic (exact) mass is 476 g/mol. The summed E-state index contributed by atoms with van der Waals surface area (Å²) < 4.78 is 22.0. The summed E-state index contributed by atoms with van der Waals surface area (Å²) in [6, 6.07) is 5.62. The molecule has 0 atom stereocenters. The molecule has 6 heteroatoms. The first-order chi connectivity index (χ1) is 16.3. The number of benzene rings is 1. The minimum atomic E-state index is -0.396. The van der Waals surface area contributed by atoms with Gasteiger partial charge < -0.3 is 18.9 Å². The Morgan fingerprint density at radius 1 is 0.824 bits per heavy atom. The number of rotatable bonds is 18. The lowest BCUT2D eigenvalue weighted by atomic mass is 9.91. The Morgan fingerprint density at radius 2 is 1.47 bits per heavy atom. The van der Waals surface area contributed by atoms with E-state index in [0.29, 0.717) is 37.9 Å². The fraction of sp³-hybridized carbons (Fsp3) is 0.643. The number of carbonyl (C=O) groups excluding carboxylic acids is 2. The normalized spacial score (nSPS) is 11.4. The molecule has 0 N–H and O–H groups in total. The molecule has 0 saturated heterocycles. The van der Waals surface area contributed by atoms with Gasteiger partial charge in [0.25, 0.3) is 0 Å². The van der Waals surface area contributed by atoms with E-state index in [2.05, 4.69) is 6.92 Å². The Hall–Kier alpha value is -2.50. The average molecular weight is 477 g/mol. The van der Waals surface area contributed by atoms with Crippen molar-refractivity contribution in [3.63, 3.8) is 0 Å². The summed E-state index contributed by atoms with van der Waals surface area (Å²) in [6.45, 7) is 11.9. The van der Waals surface area contributed by atoms with Crippen LogP contribution in [0, 0.1) is 5.41 Å². The second-order valence-corrected chi connectivity index (χ2v) is 8.98. The van der Waals surface area contributed by atoms with E-state index >= 15 is 0 Å². The summed E-state index contributed by atoms with van der Waals surface area (Å²) >= 11 is 0. The summed E-state index contributed by atoms with van der Waals surface area (Å²) in [4.78, 5) is 23.9. The van der Waals surface area contributed by atoms with Crippen molar-refractivity contribution < 1.29 is 28.5 Å². The van der Waals surface area contributed by atoms with Crippen molar-refractivity contribution >= 4 is 18.0 Å². The van der Waals surface area contributed by atoms with Crippen molar-refractivity contribution in [2.24, 2.45) is 5.41 Å². The van der Waals surface area contributed by atoms with Crippen molar-refractivity contribution in [2.75, 3.05) is 26.4 Å². The standard InChI is InChI=1S/C28H44O6/c1-6-19-32-25-22-23(15-17-24(25)31-8-3)16-18-26(29)33-20-13-11-9-10-12-14-21-34-27(30)28(4,5)7-2/h15-18,22H,6-14,19-21H2,1-5H3. The quantitative estimate of drug-likeness (QED) is 0.133. The van der Waals surface area contributed by atoms with Gasteiger partial charge in [0, 0.05) is 6.08 Å². The first-order valence-electron chi connectivity index (χ1n) is 12.8. The Bertz CT molecular complexity index is 753. The molecule has 0 saturated carbocycles. The third-order valence-corrected chi connectivity index (χ3v) is 5.59. The number of carbonyl (C=O) groups is 2. The molecule has 192 valence electrons. The molecular formula is C28H44O6. The first kappa shape index (κ1) is 29.5. The molecular weight excluding hydrogens is 432 g/mol. The molecule has 1 aromatic rings. The van der Waals surface area contributed by atoms with Gasteiger partial charge in [-0.15, -0.1) is 0 Å². The average Bonchev–Trinajstić information content (AvgIpc) is 2.83. The van der Waals surface area contributed by atoms with Crippen molar-refractivity contribution in [2.45, 2.75) is 86.0 Å². The third-order valence-electron chi connectivity index (χ3n) is 5.59. The molecule has 0 spiro atoms. The van der Waals surface area contributed by atoms with E-state index < -0.39 is 5.41 Å². The molecule has 34 heavy (non-hydrogen) atoms. The highest BCUT2D eigenvalue weighted by molar-refractivity contribution is 5.87. The lowest BCUT2D eigenvalue weighted by molar-refractivity contribution is -0.154. The largest absolute Gasteiger partial charge is 0.490 e. The zero-order valence-corrected chi connectivity index (χ0v) is 21.8. The molecule has 0 bridgehead atoms. The molecule has 1 rings (SSSR count). The number of hydrogen-bond acceptors (Lipinski definition) is 6. The fourth-order valence-electron chi connectivity index (χ4n) is 3.03. The van der Waals surface area contributed by atoms with Crippen molar-refractivity contribution in [3.8, 4) is 11.5 Å². The number of esters is 2. The van der Waals surface area contributed by atoms with Gasteiger partial charge in [0.15, 0.2) is 11.5 Å². The summed E-state index contributed by atoms with van der Waals surface area (Å²) in [7, 11) is 0. The number of ether oxygens (including phenoxy) is 4. The van der Waals surface area contributed by atoms with E-state index in [4.69, 9.17) is 18.9 Å². The highest BCUT2D eigenvalue weighted by Gasteiger charge is 2.26. The maximum atomic E-state index is 12.0. The van der Waals surface area contributed by atoms with Crippen molar-refractivity contribution in [1.29, 1.82) is 0 Å². The van der Waals surface area contributed by atoms with Crippen molar-refractivity contribution in [3.05, 3.63) is 29.8 Å². The minimum Gasteiger partial charge on any atom is -0.490 e. The lowest BCUT2D eigenvalue weighted by Crippen LogP contribution is -2.26. The summed E-state index contributed by atoms with van der Waals surface area (Å²) in [6.07, 6.45) is 10.8. The molecule has 0 fully saturated rings. The SMILES string of the molecule is CCCOc1cc(C=CC(=O)OCCCCCCCCOC(=O)C(C)(C)CC)ccc1OCC. The summed E-state index contributed by atoms with van der Waals surface area (Å²) in [5.74, 6) is 0.930. The van der Waals surface area contributed by atoms with E-state index in [9.17, 15) is 9.59 Å². The van der Waals surface area contributed by atoms with Crippen LogP contribution in [-0.2, 0) is 19.1 Å². The second kappa shape index (κ2) is 17.0. The van der Waals surface area contributed by atoms with Crippen LogP contribution >= 0.6 is 0 Å². The third kappa shape index (κ3) is 12.1. The van der Waals surface area contributed by atoms with E-state index in [1.165, 1.54) is 6.08 Å². The molecule has 0 aliphatic rings. The van der Waals surface area contributed by atoms with Gasteiger partial charge in [-0.2, -0.15) is 0 Å². The number of unbranched alkanes of at least 4 members (excludes halogenated alkanes) is 5. The van der Waals surface area contributed by atoms with Crippen LogP contribution in [0.15, 0.2) is 24.3 Å². The first-order valence-corrected chi connectivity index (χ1v) is 12.8. The molecule has 1 aromatic carbocycles. The van der Waals surface area contributed by atoms with Gasteiger partial charge in [0.05, 0.1) is 31.8 Å². The predicted octanol–water partition coefficient (Wildman–Crippen LogP) is 6.75. The molecule has 0 heterocycles. The number of hydrogen-bond donors (Lipinski definition) is 0. The Labute approximate surface area is 206 Å². The molecule has 0 unspecified atom stereocenters. The van der Waals surface area contributed by atoms with Crippen LogP contribution < -0.4 is 9.47 Å². The zero-order valence-electron chi connectivity index (χ0n) is 21.8. The van der Waals surface area contributed by atoms with E-state index in [0.717, 1.165) is 56.9 Å². The van der Waals surface area contributed by atoms with Crippen LogP contribution in [-0.4, -0.2) is 38.4 Å². The van der Waals surface area contributed by atoms with Gasteiger partial charge in [-0.25, -0.2) is 4.79 Å². The molecule has 0 aliphatic heterocycles. The van der Waals surface area contributed by atoms with Crippen LogP contribution in [0.2, 0.25) is 0 Å². The van der Waals surface area contributed by atoms with E-state index in [-0.39, 0.29) is 11.9 Å². The van der Waals surface area contributed by atoms with E-state index in [1.807, 2.05) is 45.9 Å². The van der Waals surface area contributed by atoms with Crippen molar-refractivity contribution in [1.82, 2.24) is 0 Å². The minimum absolute atomic E-state index is 0.112. The molecule has 0 radical (unpaired) electrons. The predicted molar refractivity (Wildman–Crippen MR) is 136 cm³/mol. The van der Waals surface area contributed by atoms with Gasteiger partial charge in [0.2, 0.25) is 0 Å². The second-order valence-electron chi connectivity index (χ2n) is 8.98. The molecule has 0 aliphatic carbocycles. The van der Waals surface area contributed by atoms with Crippen LogP contribution in [0.4, 0.5) is 0 Å². The van der Waals surface area contributed by atoms with Crippen LogP contribution in [0.1, 0.15) is 91.5 Å². The smallest absolute Gasteiger partial charge is 0.330 e. The van der Waals surface area contributed by atoms with Crippen LogP contribution in [0.25, 0.3) is 6.08 Å². The van der Waals surface area contributed by atoms with Gasteiger partial charge in [-0.05, 0) is 70.2 Å². The van der Waals surface area contributed by atoms with Gasteiger partial charge in [-0.1, -0.05) is 45.6 Å². The fourth-order valence-corrected chi connectivity index (χ4v) is 3.03. The Kier molecular flexibility index (Phi) is 14.8. The molecule has 0 aromatic heterocycles. The molecule has 6 nitrogen and oxygen atoms in total. The Morgan fingerprint density at radius 3 is 2.09 bits per heavy atom. The highest BCUT2D eigenvalue weighted by Crippen LogP contribution is 2.29. The van der Waals surface area contributed by atoms with Crippen LogP contribution in [0.5, 0.6) is 11.5 Å². The lowest BCUT2D eigenvalue weighted by Gasteiger charge is -2.20. The van der Waals surface area contributed by atoms with Crippen LogP contribution in [0.3, 0.4) is 0 Å². The van der Waals surface area contributed by atoms with Gasteiger partial charge >= 0.3 is 11.9 Å². The Balaban J connectivity index is 2.19. The highest BCUT2D eigenvalue weighted by atomic mass is 16.5. The maximum absolute atomic E-state index is 12.0. The van der Waals surface area contributed by atoms with Gasteiger partial charge in [-0.3, -0.25) is 4.79 Å². The van der Waals surface area contributed by atoms with E-state index in [1.54, 1.807) is 6.08 Å².